The molecule has 0 saturated carbocycles. The van der Waals surface area contributed by atoms with Gasteiger partial charge >= 0.3 is 0 Å². The smallest absolute Gasteiger partial charge is 0.229 e. The lowest BCUT2D eigenvalue weighted by atomic mass is 9.99. The molecule has 1 aromatic heterocycles. The molecule has 4 rings (SSSR count). The SMILES string of the molecule is COc1ccc(-c2coc3cc(O[C@@H]4O[C@H](CO)[C@H](O)[C@H](O)[C@H]4O)c(OC)cc3c2=O)cc1. The monoisotopic (exact) mass is 460 g/mol. The van der Waals surface area contributed by atoms with Crippen molar-refractivity contribution in [2.75, 3.05) is 20.8 Å². The lowest BCUT2D eigenvalue weighted by molar-refractivity contribution is -0.277. The summed E-state index contributed by atoms with van der Waals surface area (Å²) in [5.41, 5.74) is 0.888. The Balaban J connectivity index is 1.70. The second kappa shape index (κ2) is 9.38. The fourth-order valence-electron chi connectivity index (χ4n) is 3.65. The molecule has 4 N–H and O–H groups in total. The zero-order valence-corrected chi connectivity index (χ0v) is 17.9. The van der Waals surface area contributed by atoms with Crippen molar-refractivity contribution in [3.05, 3.63) is 52.9 Å². The Morgan fingerprint density at radius 1 is 0.939 bits per heavy atom. The maximum atomic E-state index is 13.1. The van der Waals surface area contributed by atoms with Crippen LogP contribution in [0.25, 0.3) is 22.1 Å². The molecule has 2 heterocycles. The number of aliphatic hydroxyl groups excluding tert-OH is 4. The summed E-state index contributed by atoms with van der Waals surface area (Å²) in [6.45, 7) is -0.595. The lowest BCUT2D eigenvalue weighted by Gasteiger charge is -2.39. The molecule has 10 nitrogen and oxygen atoms in total. The third kappa shape index (κ3) is 4.26. The molecule has 1 aliphatic heterocycles. The van der Waals surface area contributed by atoms with Crippen molar-refractivity contribution in [2.24, 2.45) is 0 Å². The average molecular weight is 460 g/mol. The first-order valence-electron chi connectivity index (χ1n) is 10.1. The van der Waals surface area contributed by atoms with E-state index in [-0.39, 0.29) is 27.9 Å². The number of benzene rings is 2. The molecule has 1 aliphatic rings. The molecule has 3 aromatic rings. The first kappa shape index (κ1) is 23.0. The highest BCUT2D eigenvalue weighted by Gasteiger charge is 2.45. The minimum absolute atomic E-state index is 0.0645. The molecule has 0 bridgehead atoms. The highest BCUT2D eigenvalue weighted by Crippen LogP contribution is 2.35. The van der Waals surface area contributed by atoms with E-state index in [1.807, 2.05) is 0 Å². The molecular formula is C23H24O10. The van der Waals surface area contributed by atoms with E-state index >= 15 is 0 Å². The number of hydrogen-bond donors (Lipinski definition) is 4. The van der Waals surface area contributed by atoms with E-state index < -0.39 is 37.3 Å². The molecule has 176 valence electrons. The molecule has 1 fully saturated rings. The number of hydrogen-bond acceptors (Lipinski definition) is 10. The Morgan fingerprint density at radius 3 is 2.30 bits per heavy atom. The third-order valence-electron chi connectivity index (χ3n) is 5.55. The minimum atomic E-state index is -1.60. The minimum Gasteiger partial charge on any atom is -0.497 e. The average Bonchev–Trinajstić information content (AvgIpc) is 2.84. The highest BCUT2D eigenvalue weighted by atomic mass is 16.7. The van der Waals surface area contributed by atoms with Gasteiger partial charge in [0.05, 0.1) is 31.8 Å². The summed E-state index contributed by atoms with van der Waals surface area (Å²) in [5.74, 6) is 0.869. The predicted octanol–water partition coefficient (Wildman–Crippen LogP) is 0.656. The number of fused-ring (bicyclic) bond motifs is 1. The van der Waals surface area contributed by atoms with Gasteiger partial charge in [0, 0.05) is 6.07 Å². The molecule has 5 atom stereocenters. The van der Waals surface area contributed by atoms with Gasteiger partial charge in [0.2, 0.25) is 11.7 Å². The van der Waals surface area contributed by atoms with Crippen LogP contribution >= 0.6 is 0 Å². The van der Waals surface area contributed by atoms with Gasteiger partial charge in [0.25, 0.3) is 0 Å². The molecule has 0 unspecified atom stereocenters. The van der Waals surface area contributed by atoms with Gasteiger partial charge in [-0.15, -0.1) is 0 Å². The zero-order valence-electron chi connectivity index (χ0n) is 17.9. The van der Waals surface area contributed by atoms with Crippen LogP contribution in [0.3, 0.4) is 0 Å². The summed E-state index contributed by atoms with van der Waals surface area (Å²) >= 11 is 0. The Kier molecular flexibility index (Phi) is 6.54. The van der Waals surface area contributed by atoms with Gasteiger partial charge in [0.1, 0.15) is 42.0 Å². The van der Waals surface area contributed by atoms with Gasteiger partial charge in [0.15, 0.2) is 11.5 Å². The Bertz CT molecular complexity index is 1170. The molecule has 0 radical (unpaired) electrons. The van der Waals surface area contributed by atoms with Crippen molar-refractivity contribution in [3.8, 4) is 28.4 Å². The summed E-state index contributed by atoms with van der Waals surface area (Å²) < 4.78 is 27.2. The van der Waals surface area contributed by atoms with Crippen molar-refractivity contribution < 1.29 is 43.8 Å². The Labute approximate surface area is 188 Å². The number of ether oxygens (including phenoxy) is 4. The van der Waals surface area contributed by atoms with Crippen molar-refractivity contribution >= 4 is 11.0 Å². The molecule has 10 heteroatoms. The van der Waals surface area contributed by atoms with Crippen molar-refractivity contribution in [1.29, 1.82) is 0 Å². The topological polar surface area (TPSA) is 148 Å². The largest absolute Gasteiger partial charge is 0.497 e. The van der Waals surface area contributed by atoms with Gasteiger partial charge in [-0.1, -0.05) is 12.1 Å². The van der Waals surface area contributed by atoms with Crippen LogP contribution in [0.4, 0.5) is 0 Å². The molecule has 0 aliphatic carbocycles. The third-order valence-corrected chi connectivity index (χ3v) is 5.55. The van der Waals surface area contributed by atoms with E-state index in [2.05, 4.69) is 0 Å². The highest BCUT2D eigenvalue weighted by molar-refractivity contribution is 5.84. The molecular weight excluding hydrogens is 436 g/mol. The predicted molar refractivity (Wildman–Crippen MR) is 115 cm³/mol. The molecule has 0 spiro atoms. The fraction of sp³-hybridized carbons (Fsp3) is 0.348. The van der Waals surface area contributed by atoms with Crippen LogP contribution in [0.15, 0.2) is 51.9 Å². The Hall–Kier alpha value is -3.15. The second-order valence-electron chi connectivity index (χ2n) is 7.52. The van der Waals surface area contributed by atoms with E-state index in [4.69, 9.17) is 23.4 Å². The van der Waals surface area contributed by atoms with E-state index in [0.717, 1.165) is 0 Å². The summed E-state index contributed by atoms with van der Waals surface area (Å²) in [7, 11) is 2.92. The van der Waals surface area contributed by atoms with Crippen molar-refractivity contribution in [1.82, 2.24) is 0 Å². The first-order valence-corrected chi connectivity index (χ1v) is 10.1. The van der Waals surface area contributed by atoms with Crippen LogP contribution in [0.5, 0.6) is 17.2 Å². The maximum absolute atomic E-state index is 13.1. The molecule has 0 amide bonds. The summed E-state index contributed by atoms with van der Waals surface area (Å²) in [4.78, 5) is 13.1. The zero-order chi connectivity index (χ0) is 23.7. The van der Waals surface area contributed by atoms with Gasteiger partial charge in [-0.3, -0.25) is 4.79 Å². The number of rotatable bonds is 6. The summed E-state index contributed by atoms with van der Waals surface area (Å²) in [5, 5.41) is 39.7. The first-order chi connectivity index (χ1) is 15.9. The van der Waals surface area contributed by atoms with Gasteiger partial charge in [-0.05, 0) is 23.8 Å². The van der Waals surface area contributed by atoms with Crippen molar-refractivity contribution in [3.63, 3.8) is 0 Å². The van der Waals surface area contributed by atoms with Crippen LogP contribution in [-0.4, -0.2) is 72.0 Å². The van der Waals surface area contributed by atoms with E-state index in [9.17, 15) is 25.2 Å². The standard InChI is InChI=1S/C23H24O10/c1-29-12-5-3-11(4-6-12)14-10-31-15-8-17(16(30-2)7-13(15)19(14)25)32-23-22(28)21(27)20(26)18(9-24)33-23/h3-8,10,18,20-24,26-28H,9H2,1-2H3/t18-,20+,21+,22-,23-/m1/s1. The molecule has 33 heavy (non-hydrogen) atoms. The quantitative estimate of drug-likeness (QED) is 0.413. The Morgan fingerprint density at radius 2 is 1.67 bits per heavy atom. The van der Waals surface area contributed by atoms with E-state index in [1.165, 1.54) is 25.5 Å². The normalized spacial score (nSPS) is 25.1. The molecule has 1 saturated heterocycles. The van der Waals surface area contributed by atoms with Gasteiger partial charge in [-0.2, -0.15) is 0 Å². The molecule has 2 aromatic carbocycles. The fourth-order valence-corrected chi connectivity index (χ4v) is 3.65. The van der Waals surface area contributed by atoms with Gasteiger partial charge in [-0.25, -0.2) is 0 Å². The van der Waals surface area contributed by atoms with Crippen LogP contribution in [-0.2, 0) is 4.74 Å². The summed E-state index contributed by atoms with van der Waals surface area (Å²) in [6.07, 6.45) is -5.94. The number of methoxy groups -OCH3 is 2. The van der Waals surface area contributed by atoms with Crippen LogP contribution < -0.4 is 19.6 Å². The van der Waals surface area contributed by atoms with E-state index in [1.54, 1.807) is 31.4 Å². The lowest BCUT2D eigenvalue weighted by Crippen LogP contribution is -2.60. The van der Waals surface area contributed by atoms with Gasteiger partial charge < -0.3 is 43.8 Å². The second-order valence-corrected chi connectivity index (χ2v) is 7.52. The van der Waals surface area contributed by atoms with Crippen LogP contribution in [0.1, 0.15) is 0 Å². The van der Waals surface area contributed by atoms with E-state index in [0.29, 0.717) is 16.9 Å². The summed E-state index contributed by atoms with van der Waals surface area (Å²) in [6, 6.07) is 9.78. The van der Waals surface area contributed by atoms with Crippen LogP contribution in [0, 0.1) is 0 Å². The number of aliphatic hydroxyl groups is 4. The van der Waals surface area contributed by atoms with Crippen LogP contribution in [0.2, 0.25) is 0 Å². The maximum Gasteiger partial charge on any atom is 0.229 e. The van der Waals surface area contributed by atoms with Crippen molar-refractivity contribution in [2.45, 2.75) is 30.7 Å².